The molecule has 1 aliphatic carbocycles. The van der Waals surface area contributed by atoms with Crippen LogP contribution in [0.1, 0.15) is 290 Å². The van der Waals surface area contributed by atoms with Gasteiger partial charge in [0.2, 0.25) is 0 Å². The predicted molar refractivity (Wildman–Crippen MR) is 361 cm³/mol. The van der Waals surface area contributed by atoms with Crippen LogP contribution >= 0.6 is 7.82 Å². The summed E-state index contributed by atoms with van der Waals surface area (Å²) < 4.78 is 65.0. The maximum Gasteiger partial charge on any atom is 0.472 e. The number of unbranched alkanes of at least 4 members (excludes halogenated alkanes) is 35. The van der Waals surface area contributed by atoms with Gasteiger partial charge in [-0.1, -0.05) is 238 Å². The summed E-state index contributed by atoms with van der Waals surface area (Å²) in [6.45, 7) is 3.43. The Morgan fingerprint density at radius 3 is 1.14 bits per heavy atom. The number of hydrogen-bond donors (Lipinski definition) is 11. The van der Waals surface area contributed by atoms with Crippen LogP contribution in [0.5, 0.6) is 0 Å². The van der Waals surface area contributed by atoms with E-state index in [0.29, 0.717) is 19.3 Å². The van der Waals surface area contributed by atoms with Gasteiger partial charge in [0.15, 0.2) is 18.7 Å². The summed E-state index contributed by atoms with van der Waals surface area (Å²) in [6.07, 6.45) is 11.4. The van der Waals surface area contributed by atoms with Crippen LogP contribution in [-0.2, 0) is 61.2 Å². The lowest BCUT2D eigenvalue weighted by Gasteiger charge is -2.49. The highest BCUT2D eigenvalue weighted by Gasteiger charge is 2.58. The Morgan fingerprint density at radius 1 is 0.396 bits per heavy atom. The summed E-state index contributed by atoms with van der Waals surface area (Å²) in [5.41, 5.74) is 0. The van der Waals surface area contributed by atoms with Crippen molar-refractivity contribution in [2.24, 2.45) is 0 Å². The molecular formula is C71H131O24P. The van der Waals surface area contributed by atoms with E-state index in [9.17, 15) is 74.9 Å². The zero-order chi connectivity index (χ0) is 70.4. The second-order valence-corrected chi connectivity index (χ2v) is 28.4. The number of carbonyl (C=O) groups is 3. The average Bonchev–Trinajstić information content (AvgIpc) is 0.764. The fraction of sp³-hybridized carbons (Fsp3) is 0.930. The van der Waals surface area contributed by atoms with Crippen molar-refractivity contribution in [1.29, 1.82) is 0 Å². The van der Waals surface area contributed by atoms with Crippen LogP contribution in [0, 0.1) is 0 Å². The van der Waals surface area contributed by atoms with E-state index in [1.165, 1.54) is 135 Å². The summed E-state index contributed by atoms with van der Waals surface area (Å²) in [4.78, 5) is 50.9. The lowest BCUT2D eigenvalue weighted by atomic mass is 9.84. The maximum atomic E-state index is 14.3. The minimum Gasteiger partial charge on any atom is -0.463 e. The Labute approximate surface area is 573 Å². The minimum atomic E-state index is -5.69. The molecule has 564 valence electrons. The molecule has 25 heteroatoms. The highest BCUT2D eigenvalue weighted by molar-refractivity contribution is 7.47. The number of carbonyl (C=O) groups excluding carboxylic acids is 3. The van der Waals surface area contributed by atoms with E-state index in [0.717, 1.165) is 96.3 Å². The zero-order valence-electron chi connectivity index (χ0n) is 58.7. The van der Waals surface area contributed by atoms with Crippen LogP contribution in [0.2, 0.25) is 0 Å². The number of phosphoric acid groups is 1. The van der Waals surface area contributed by atoms with Gasteiger partial charge < -0.3 is 89.1 Å². The Balaban J connectivity index is 1.74. The SMILES string of the molecule is CCCCCCCC/C=C\CCCCCC(=O)OCC(COP(=O)(O)OC1C(OC2OC(CO)C(O)C(O)C2O)C(O)C(O)C(O)C1OC1OC(COC(=O)CCCCCCCCCCCCCCCC)C(O)C(O)C1O)OC(=O)CCCCCCCCCCCCCCCC. The van der Waals surface area contributed by atoms with Crippen LogP contribution in [-0.4, -0.2) is 204 Å². The molecule has 2 saturated heterocycles. The van der Waals surface area contributed by atoms with Crippen molar-refractivity contribution in [3.8, 4) is 0 Å². The number of esters is 3. The molecule has 0 aromatic rings. The van der Waals surface area contributed by atoms with E-state index >= 15 is 0 Å². The lowest BCUT2D eigenvalue weighted by molar-refractivity contribution is -0.360. The fourth-order valence-corrected chi connectivity index (χ4v) is 13.4. The third kappa shape index (κ3) is 36.5. The van der Waals surface area contributed by atoms with Gasteiger partial charge in [-0.2, -0.15) is 0 Å². The molecule has 3 fully saturated rings. The highest BCUT2D eigenvalue weighted by Crippen LogP contribution is 2.49. The van der Waals surface area contributed by atoms with E-state index in [1.807, 2.05) is 0 Å². The summed E-state index contributed by atoms with van der Waals surface area (Å²) >= 11 is 0. The normalized spacial score (nSPS) is 28.0. The van der Waals surface area contributed by atoms with Crippen LogP contribution in [0.3, 0.4) is 0 Å². The Kier molecular flexibility index (Phi) is 49.0. The van der Waals surface area contributed by atoms with Crippen molar-refractivity contribution in [3.63, 3.8) is 0 Å². The largest absolute Gasteiger partial charge is 0.472 e. The summed E-state index contributed by atoms with van der Waals surface area (Å²) in [5, 5.41) is 110. The summed E-state index contributed by atoms with van der Waals surface area (Å²) in [7, 11) is -5.69. The van der Waals surface area contributed by atoms with Crippen molar-refractivity contribution in [1.82, 2.24) is 0 Å². The zero-order valence-corrected chi connectivity index (χ0v) is 59.6. The van der Waals surface area contributed by atoms with Gasteiger partial charge in [-0.3, -0.25) is 23.4 Å². The molecule has 18 unspecified atom stereocenters. The van der Waals surface area contributed by atoms with Gasteiger partial charge in [0, 0.05) is 19.3 Å². The highest BCUT2D eigenvalue weighted by atomic mass is 31.2. The molecule has 3 rings (SSSR count). The van der Waals surface area contributed by atoms with Crippen LogP contribution in [0.15, 0.2) is 12.2 Å². The van der Waals surface area contributed by atoms with Crippen LogP contribution in [0.25, 0.3) is 0 Å². The van der Waals surface area contributed by atoms with Crippen molar-refractivity contribution in [3.05, 3.63) is 12.2 Å². The van der Waals surface area contributed by atoms with E-state index in [1.54, 1.807) is 0 Å². The summed E-state index contributed by atoms with van der Waals surface area (Å²) in [5.74, 6) is -2.00. The van der Waals surface area contributed by atoms with Crippen LogP contribution in [0.4, 0.5) is 0 Å². The fourth-order valence-electron chi connectivity index (χ4n) is 12.4. The van der Waals surface area contributed by atoms with Gasteiger partial charge in [0.05, 0.1) is 13.2 Å². The number of allylic oxidation sites excluding steroid dienone is 2. The van der Waals surface area contributed by atoms with Gasteiger partial charge in [-0.15, -0.1) is 0 Å². The first-order chi connectivity index (χ1) is 46.3. The molecule has 24 nitrogen and oxygen atoms in total. The molecule has 1 saturated carbocycles. The van der Waals surface area contributed by atoms with Gasteiger partial charge in [-0.05, 0) is 44.9 Å². The lowest BCUT2D eigenvalue weighted by Crippen LogP contribution is -2.69. The standard InChI is InChI=1S/C71H131O24P/c1-4-7-10-13-16-19-22-25-28-31-34-37-40-43-46-56(74)88-51-54-59(77)61(79)66(84)71(92-54)94-68-64(82)62(80)63(81)67(93-70-65(83)60(78)58(76)53(48-72)91-70)69(68)95-96(85,86)89-50-52(49-87-55(73)45-42-39-36-33-30-27-24-21-18-15-12-9-6-3)90-57(75)47-44-41-38-35-32-29-26-23-20-17-14-11-8-5-2/h27,30,52-54,58-72,76-84H,4-26,28-29,31-51H2,1-3H3,(H,85,86)/b30-27-. The van der Waals surface area contributed by atoms with Gasteiger partial charge in [0.25, 0.3) is 0 Å². The number of hydrogen-bond acceptors (Lipinski definition) is 23. The van der Waals surface area contributed by atoms with E-state index in [-0.39, 0.29) is 19.3 Å². The number of aliphatic hydroxyl groups excluding tert-OH is 10. The van der Waals surface area contributed by atoms with E-state index < -0.39 is 156 Å². The summed E-state index contributed by atoms with van der Waals surface area (Å²) in [6, 6.07) is 0. The molecule has 0 aromatic carbocycles. The monoisotopic (exact) mass is 1400 g/mol. The maximum absolute atomic E-state index is 14.3. The molecule has 0 radical (unpaired) electrons. The van der Waals surface area contributed by atoms with E-state index in [4.69, 9.17) is 42.2 Å². The molecule has 11 N–H and O–H groups in total. The topological polar surface area (TPSA) is 374 Å². The van der Waals surface area contributed by atoms with Gasteiger partial charge in [0.1, 0.15) is 98.7 Å². The second kappa shape index (κ2) is 53.5. The third-order valence-electron chi connectivity index (χ3n) is 18.5. The van der Waals surface area contributed by atoms with E-state index in [2.05, 4.69) is 32.9 Å². The number of phosphoric ester groups is 1. The quantitative estimate of drug-likeness (QED) is 0.00886. The van der Waals surface area contributed by atoms with Gasteiger partial charge in [-0.25, -0.2) is 4.57 Å². The minimum absolute atomic E-state index is 0.0277. The first-order valence-corrected chi connectivity index (χ1v) is 39.0. The molecule has 2 heterocycles. The molecular weight excluding hydrogens is 1270 g/mol. The number of aliphatic hydroxyl groups is 10. The molecule has 18 atom stereocenters. The Hall–Kier alpha value is -2.30. The average molecular weight is 1400 g/mol. The first kappa shape index (κ1) is 87.9. The van der Waals surface area contributed by atoms with Crippen molar-refractivity contribution >= 4 is 25.7 Å². The number of rotatable bonds is 58. The van der Waals surface area contributed by atoms with Gasteiger partial charge >= 0.3 is 25.7 Å². The molecule has 96 heavy (non-hydrogen) atoms. The van der Waals surface area contributed by atoms with Crippen molar-refractivity contribution in [2.75, 3.05) is 26.4 Å². The second-order valence-electron chi connectivity index (χ2n) is 27.0. The molecule has 2 aliphatic heterocycles. The van der Waals surface area contributed by atoms with Crippen molar-refractivity contribution < 1.29 is 117 Å². The third-order valence-corrected chi connectivity index (χ3v) is 19.5. The molecule has 0 bridgehead atoms. The number of ether oxygens (including phenoxy) is 7. The molecule has 0 aromatic heterocycles. The Bertz CT molecular complexity index is 2040. The van der Waals surface area contributed by atoms with Crippen LogP contribution < -0.4 is 0 Å². The molecule has 3 aliphatic rings. The smallest absolute Gasteiger partial charge is 0.463 e. The van der Waals surface area contributed by atoms with Crippen molar-refractivity contribution in [2.45, 2.75) is 395 Å². The molecule has 0 spiro atoms. The predicted octanol–water partition coefficient (Wildman–Crippen LogP) is 9.96. The Morgan fingerprint density at radius 2 is 0.729 bits per heavy atom. The first-order valence-electron chi connectivity index (χ1n) is 37.5. The molecule has 0 amide bonds.